The number of hydrogen-bond acceptors (Lipinski definition) is 5. The summed E-state index contributed by atoms with van der Waals surface area (Å²) < 4.78 is 6.23. The van der Waals surface area contributed by atoms with E-state index in [2.05, 4.69) is 26.5 Å². The van der Waals surface area contributed by atoms with Crippen molar-refractivity contribution in [2.45, 2.75) is 0 Å². The van der Waals surface area contributed by atoms with Crippen molar-refractivity contribution >= 4 is 50.9 Å². The highest BCUT2D eigenvalue weighted by Crippen LogP contribution is 2.28. The van der Waals surface area contributed by atoms with Gasteiger partial charge in [-0.25, -0.2) is 4.98 Å². The second-order valence-corrected chi connectivity index (χ2v) is 7.71. The second-order valence-electron chi connectivity index (χ2n) is 6.79. The van der Waals surface area contributed by atoms with E-state index < -0.39 is 0 Å². The third kappa shape index (κ3) is 5.10. The quantitative estimate of drug-likeness (QED) is 0.253. The number of phenolic OH excluding ortho intramolecular Hbond substituents is 1. The SMILES string of the molecule is COc1ccc2nc(/C=C/c3ccccc3)cc(N/N=C/c3cc(Br)ccc3O)c2c1. The highest BCUT2D eigenvalue weighted by Gasteiger charge is 2.07. The third-order valence-corrected chi connectivity index (χ3v) is 5.15. The number of ether oxygens (including phenoxy) is 1. The predicted molar refractivity (Wildman–Crippen MR) is 131 cm³/mol. The number of aromatic hydroxyl groups is 1. The van der Waals surface area contributed by atoms with Crippen molar-refractivity contribution in [1.29, 1.82) is 0 Å². The molecule has 0 aliphatic rings. The highest BCUT2D eigenvalue weighted by molar-refractivity contribution is 9.10. The number of hydrogen-bond donors (Lipinski definition) is 2. The number of rotatable bonds is 6. The number of anilines is 1. The molecule has 0 bridgehead atoms. The van der Waals surface area contributed by atoms with Crippen LogP contribution in [0.1, 0.15) is 16.8 Å². The molecule has 0 saturated heterocycles. The molecular weight excluding hydrogens is 454 g/mol. The van der Waals surface area contributed by atoms with Gasteiger partial charge in [-0.3, -0.25) is 5.43 Å². The summed E-state index contributed by atoms with van der Waals surface area (Å²) in [5.74, 6) is 0.889. The number of benzene rings is 3. The van der Waals surface area contributed by atoms with Gasteiger partial charge in [0.1, 0.15) is 11.5 Å². The van der Waals surface area contributed by atoms with Crippen LogP contribution in [0.4, 0.5) is 5.69 Å². The third-order valence-electron chi connectivity index (χ3n) is 4.66. The van der Waals surface area contributed by atoms with Gasteiger partial charge in [-0.15, -0.1) is 0 Å². The van der Waals surface area contributed by atoms with Crippen LogP contribution in [0.3, 0.4) is 0 Å². The maximum atomic E-state index is 10.0. The van der Waals surface area contributed by atoms with E-state index in [0.717, 1.165) is 38.1 Å². The van der Waals surface area contributed by atoms with E-state index in [9.17, 15) is 5.11 Å². The van der Waals surface area contributed by atoms with Gasteiger partial charge in [-0.1, -0.05) is 52.3 Å². The van der Waals surface area contributed by atoms with Crippen molar-refractivity contribution in [3.8, 4) is 11.5 Å². The van der Waals surface area contributed by atoms with Crippen molar-refractivity contribution in [1.82, 2.24) is 4.98 Å². The largest absolute Gasteiger partial charge is 0.507 e. The molecule has 31 heavy (non-hydrogen) atoms. The average molecular weight is 474 g/mol. The minimum absolute atomic E-state index is 0.154. The Hall–Kier alpha value is -3.64. The fraction of sp³-hybridized carbons (Fsp3) is 0.0400. The fourth-order valence-electron chi connectivity index (χ4n) is 3.08. The zero-order chi connectivity index (χ0) is 21.6. The number of nitrogens with zero attached hydrogens (tertiary/aromatic N) is 2. The number of nitrogens with one attached hydrogen (secondary N) is 1. The van der Waals surface area contributed by atoms with Gasteiger partial charge in [-0.05, 0) is 54.1 Å². The number of aromatic nitrogens is 1. The minimum Gasteiger partial charge on any atom is -0.507 e. The van der Waals surface area contributed by atoms with Crippen LogP contribution in [0, 0.1) is 0 Å². The van der Waals surface area contributed by atoms with Crippen LogP contribution in [0.5, 0.6) is 11.5 Å². The number of fused-ring (bicyclic) bond motifs is 1. The highest BCUT2D eigenvalue weighted by atomic mass is 79.9. The summed E-state index contributed by atoms with van der Waals surface area (Å²) in [5.41, 5.74) is 7.17. The lowest BCUT2D eigenvalue weighted by molar-refractivity contribution is 0.415. The van der Waals surface area contributed by atoms with Crippen LogP contribution in [0.15, 0.2) is 82.4 Å². The summed E-state index contributed by atoms with van der Waals surface area (Å²) in [6.07, 6.45) is 5.56. The van der Waals surface area contributed by atoms with Gasteiger partial charge in [0.25, 0.3) is 0 Å². The van der Waals surface area contributed by atoms with E-state index in [4.69, 9.17) is 9.72 Å². The van der Waals surface area contributed by atoms with Crippen molar-refractivity contribution in [3.63, 3.8) is 0 Å². The number of phenols is 1. The fourth-order valence-corrected chi connectivity index (χ4v) is 3.45. The number of hydrazone groups is 1. The van der Waals surface area contributed by atoms with Crippen LogP contribution in [-0.4, -0.2) is 23.4 Å². The summed E-state index contributed by atoms with van der Waals surface area (Å²) in [5, 5.41) is 15.2. The van der Waals surface area contributed by atoms with E-state index in [1.807, 2.05) is 66.7 Å². The Morgan fingerprint density at radius 3 is 2.65 bits per heavy atom. The standard InChI is InChI=1S/C25H20BrN3O2/c1-31-21-10-11-23-22(15-21)24(29-27-16-18-13-19(26)8-12-25(18)30)14-20(28-23)9-7-17-5-3-2-4-6-17/h2-16,30H,1H3,(H,28,29)/b9-7+,27-16+. The molecule has 0 atom stereocenters. The molecule has 0 radical (unpaired) electrons. The molecule has 1 aromatic heterocycles. The molecule has 5 nitrogen and oxygen atoms in total. The lowest BCUT2D eigenvalue weighted by Gasteiger charge is -2.09. The van der Waals surface area contributed by atoms with Crippen LogP contribution >= 0.6 is 15.9 Å². The zero-order valence-electron chi connectivity index (χ0n) is 16.8. The van der Waals surface area contributed by atoms with E-state index in [1.165, 1.54) is 0 Å². The van der Waals surface area contributed by atoms with Gasteiger partial charge in [-0.2, -0.15) is 5.10 Å². The molecule has 0 amide bonds. The summed E-state index contributed by atoms with van der Waals surface area (Å²) in [6.45, 7) is 0. The van der Waals surface area contributed by atoms with Crippen LogP contribution < -0.4 is 10.2 Å². The van der Waals surface area contributed by atoms with E-state index in [0.29, 0.717) is 5.56 Å². The molecule has 6 heteroatoms. The Labute approximate surface area is 188 Å². The molecule has 0 fully saturated rings. The first-order valence-corrected chi connectivity index (χ1v) is 10.4. The second kappa shape index (κ2) is 9.45. The van der Waals surface area contributed by atoms with E-state index in [-0.39, 0.29) is 5.75 Å². The lowest BCUT2D eigenvalue weighted by atomic mass is 10.1. The van der Waals surface area contributed by atoms with Gasteiger partial charge in [0.15, 0.2) is 0 Å². The van der Waals surface area contributed by atoms with Gasteiger partial charge >= 0.3 is 0 Å². The zero-order valence-corrected chi connectivity index (χ0v) is 18.4. The number of pyridine rings is 1. The molecule has 0 unspecified atom stereocenters. The average Bonchev–Trinajstić information content (AvgIpc) is 2.80. The molecule has 3 aromatic carbocycles. The number of methoxy groups -OCH3 is 1. The molecule has 4 rings (SSSR count). The van der Waals surface area contributed by atoms with Crippen LogP contribution in [0.25, 0.3) is 23.1 Å². The molecule has 2 N–H and O–H groups in total. The van der Waals surface area contributed by atoms with Crippen LogP contribution in [0.2, 0.25) is 0 Å². The predicted octanol–water partition coefficient (Wildman–Crippen LogP) is 6.33. The maximum Gasteiger partial charge on any atom is 0.124 e. The van der Waals surface area contributed by atoms with Gasteiger partial charge < -0.3 is 9.84 Å². The minimum atomic E-state index is 0.154. The molecule has 154 valence electrons. The molecule has 0 spiro atoms. The van der Waals surface area contributed by atoms with Crippen molar-refractivity contribution in [2.24, 2.45) is 5.10 Å². The molecule has 0 aliphatic carbocycles. The molecule has 4 aromatic rings. The number of halogens is 1. The van der Waals surface area contributed by atoms with Crippen molar-refractivity contribution in [3.05, 3.63) is 94.1 Å². The Kier molecular flexibility index (Phi) is 6.29. The van der Waals surface area contributed by atoms with E-state index >= 15 is 0 Å². The molecule has 0 saturated carbocycles. The molecular formula is C25H20BrN3O2. The van der Waals surface area contributed by atoms with E-state index in [1.54, 1.807) is 31.5 Å². The van der Waals surface area contributed by atoms with Gasteiger partial charge in [0.05, 0.1) is 30.2 Å². The summed E-state index contributed by atoms with van der Waals surface area (Å²) >= 11 is 3.40. The normalized spacial score (nSPS) is 11.4. The smallest absolute Gasteiger partial charge is 0.124 e. The topological polar surface area (TPSA) is 66.7 Å². The first-order valence-electron chi connectivity index (χ1n) is 9.62. The Bertz CT molecular complexity index is 1270. The van der Waals surface area contributed by atoms with Gasteiger partial charge in [0, 0.05) is 15.4 Å². The van der Waals surface area contributed by atoms with Crippen LogP contribution in [-0.2, 0) is 0 Å². The van der Waals surface area contributed by atoms with Gasteiger partial charge in [0.2, 0.25) is 0 Å². The monoisotopic (exact) mass is 473 g/mol. The Morgan fingerprint density at radius 1 is 1.00 bits per heavy atom. The Balaban J connectivity index is 1.69. The molecule has 0 aliphatic heterocycles. The van der Waals surface area contributed by atoms with Crippen molar-refractivity contribution in [2.75, 3.05) is 12.5 Å². The maximum absolute atomic E-state index is 10.0. The summed E-state index contributed by atoms with van der Waals surface area (Å²) in [7, 11) is 1.63. The summed E-state index contributed by atoms with van der Waals surface area (Å²) in [6, 6.07) is 22.9. The first-order chi connectivity index (χ1) is 15.1. The molecule has 1 heterocycles. The van der Waals surface area contributed by atoms with Crippen molar-refractivity contribution < 1.29 is 9.84 Å². The lowest BCUT2D eigenvalue weighted by Crippen LogP contribution is -1.96. The Morgan fingerprint density at radius 2 is 1.84 bits per heavy atom. The summed E-state index contributed by atoms with van der Waals surface area (Å²) in [4.78, 5) is 4.74. The first kappa shape index (κ1) is 20.6.